The number of carbonyl (C=O) groups excluding carboxylic acids is 2. The van der Waals surface area contributed by atoms with Crippen LogP contribution >= 0.6 is 11.3 Å². The summed E-state index contributed by atoms with van der Waals surface area (Å²) in [6.07, 6.45) is 0.0583. The third kappa shape index (κ3) is 4.10. The van der Waals surface area contributed by atoms with Gasteiger partial charge in [-0.25, -0.2) is 4.98 Å². The van der Waals surface area contributed by atoms with Crippen LogP contribution in [0.5, 0.6) is 0 Å². The van der Waals surface area contributed by atoms with Gasteiger partial charge in [-0.15, -0.1) is 11.3 Å². The van der Waals surface area contributed by atoms with E-state index in [9.17, 15) is 9.59 Å². The molecular weight excluding hydrogens is 342 g/mol. The van der Waals surface area contributed by atoms with Crippen LogP contribution in [0.15, 0.2) is 40.2 Å². The lowest BCUT2D eigenvalue weighted by Gasteiger charge is -1.97. The van der Waals surface area contributed by atoms with Gasteiger partial charge in [-0.3, -0.25) is 14.9 Å². The van der Waals surface area contributed by atoms with Crippen molar-refractivity contribution in [1.29, 1.82) is 0 Å². The molecule has 128 valence electrons. The van der Waals surface area contributed by atoms with Gasteiger partial charge >= 0.3 is 5.97 Å². The van der Waals surface area contributed by atoms with Crippen LogP contribution in [0, 0.1) is 6.92 Å². The molecular formula is C17H15N3O4S. The third-order valence-electron chi connectivity index (χ3n) is 3.41. The molecule has 3 rings (SSSR count). The lowest BCUT2D eigenvalue weighted by Crippen LogP contribution is -2.11. The molecule has 0 atom stereocenters. The predicted octanol–water partition coefficient (Wildman–Crippen LogP) is 3.07. The summed E-state index contributed by atoms with van der Waals surface area (Å²) in [5, 5.41) is 8.60. The Hall–Kier alpha value is -3.00. The number of rotatable bonds is 5. The Bertz CT molecular complexity index is 899. The highest BCUT2D eigenvalue weighted by atomic mass is 32.1. The Morgan fingerprint density at radius 3 is 2.76 bits per heavy atom. The maximum atomic E-state index is 12.2. The summed E-state index contributed by atoms with van der Waals surface area (Å²) in [4.78, 5) is 27.6. The van der Waals surface area contributed by atoms with Gasteiger partial charge in [0.15, 0.2) is 5.13 Å². The highest BCUT2D eigenvalue weighted by Gasteiger charge is 2.16. The van der Waals surface area contributed by atoms with Gasteiger partial charge in [0.1, 0.15) is 5.69 Å². The molecule has 0 saturated carbocycles. The molecule has 1 N–H and O–H groups in total. The van der Waals surface area contributed by atoms with Crippen molar-refractivity contribution in [3.8, 4) is 11.3 Å². The zero-order valence-corrected chi connectivity index (χ0v) is 14.4. The average molecular weight is 357 g/mol. The van der Waals surface area contributed by atoms with Crippen molar-refractivity contribution < 1.29 is 18.8 Å². The lowest BCUT2D eigenvalue weighted by molar-refractivity contribution is -0.139. The number of hydrogen-bond donors (Lipinski definition) is 1. The molecule has 2 aromatic heterocycles. The van der Waals surface area contributed by atoms with Gasteiger partial charge in [0.25, 0.3) is 5.91 Å². The van der Waals surface area contributed by atoms with E-state index in [2.05, 4.69) is 20.2 Å². The highest BCUT2D eigenvalue weighted by molar-refractivity contribution is 7.14. The van der Waals surface area contributed by atoms with Gasteiger partial charge in [-0.1, -0.05) is 35.0 Å². The standard InChI is InChI=1S/C17H15N3O4S/c1-10-3-5-11(6-4-10)13-8-14(24-20-13)16(22)19-17-18-12(9-25-17)7-15(21)23-2/h3-6,8-9H,7H2,1-2H3,(H,18,19,22). The first kappa shape index (κ1) is 16.8. The first-order chi connectivity index (χ1) is 12.0. The molecule has 0 radical (unpaired) electrons. The van der Waals surface area contributed by atoms with E-state index in [1.165, 1.54) is 18.4 Å². The van der Waals surface area contributed by atoms with Crippen molar-refractivity contribution in [1.82, 2.24) is 10.1 Å². The zero-order chi connectivity index (χ0) is 17.8. The number of nitrogens with one attached hydrogen (secondary N) is 1. The monoisotopic (exact) mass is 357 g/mol. The molecule has 7 nitrogen and oxygen atoms in total. The van der Waals surface area contributed by atoms with Crippen molar-refractivity contribution >= 4 is 28.3 Å². The molecule has 0 aliphatic carbocycles. The van der Waals surface area contributed by atoms with E-state index in [1.54, 1.807) is 11.4 Å². The fourth-order valence-corrected chi connectivity index (χ4v) is 2.77. The molecule has 2 heterocycles. The first-order valence-electron chi connectivity index (χ1n) is 7.41. The minimum Gasteiger partial charge on any atom is -0.469 e. The van der Waals surface area contributed by atoms with E-state index in [4.69, 9.17) is 4.52 Å². The van der Waals surface area contributed by atoms with Crippen LogP contribution in [0.3, 0.4) is 0 Å². The number of thiazole rings is 1. The number of hydrogen-bond acceptors (Lipinski definition) is 7. The highest BCUT2D eigenvalue weighted by Crippen LogP contribution is 2.21. The number of ether oxygens (including phenoxy) is 1. The molecule has 25 heavy (non-hydrogen) atoms. The zero-order valence-electron chi connectivity index (χ0n) is 13.6. The molecule has 0 saturated heterocycles. The van der Waals surface area contributed by atoms with Gasteiger partial charge in [0, 0.05) is 17.0 Å². The Labute approximate surface area is 147 Å². The van der Waals surface area contributed by atoms with Crippen molar-refractivity contribution in [2.24, 2.45) is 0 Å². The fourth-order valence-electron chi connectivity index (χ4n) is 2.07. The number of aryl methyl sites for hydroxylation is 1. The third-order valence-corrected chi connectivity index (χ3v) is 4.21. The van der Waals surface area contributed by atoms with Crippen molar-refractivity contribution in [2.45, 2.75) is 13.3 Å². The molecule has 1 aromatic carbocycles. The van der Waals surface area contributed by atoms with Crippen LogP contribution in [0.1, 0.15) is 21.8 Å². The number of esters is 1. The van der Waals surface area contributed by atoms with Crippen molar-refractivity contribution in [2.75, 3.05) is 12.4 Å². The van der Waals surface area contributed by atoms with E-state index in [1.807, 2.05) is 31.2 Å². The summed E-state index contributed by atoms with van der Waals surface area (Å²) in [7, 11) is 1.31. The van der Waals surface area contributed by atoms with Gasteiger partial charge < -0.3 is 9.26 Å². The maximum absolute atomic E-state index is 12.2. The van der Waals surface area contributed by atoms with Gasteiger partial charge in [-0.05, 0) is 6.92 Å². The average Bonchev–Trinajstić information content (AvgIpc) is 3.25. The van der Waals surface area contributed by atoms with E-state index in [0.29, 0.717) is 16.5 Å². The van der Waals surface area contributed by atoms with Crippen LogP contribution in [0.4, 0.5) is 5.13 Å². The molecule has 0 aliphatic rings. The fraction of sp³-hybridized carbons (Fsp3) is 0.176. The quantitative estimate of drug-likeness (QED) is 0.705. The summed E-state index contributed by atoms with van der Waals surface area (Å²) >= 11 is 1.22. The number of anilines is 1. The Morgan fingerprint density at radius 1 is 1.28 bits per heavy atom. The summed E-state index contributed by atoms with van der Waals surface area (Å²) in [6.45, 7) is 1.99. The second-order valence-corrected chi connectivity index (χ2v) is 6.15. The van der Waals surface area contributed by atoms with Crippen LogP contribution in [-0.4, -0.2) is 29.1 Å². The Balaban J connectivity index is 1.68. The normalized spacial score (nSPS) is 10.5. The van der Waals surface area contributed by atoms with E-state index >= 15 is 0 Å². The topological polar surface area (TPSA) is 94.3 Å². The van der Waals surface area contributed by atoms with E-state index in [0.717, 1.165) is 11.1 Å². The maximum Gasteiger partial charge on any atom is 0.311 e. The first-order valence-corrected chi connectivity index (χ1v) is 8.29. The smallest absolute Gasteiger partial charge is 0.311 e. The number of nitrogens with zero attached hydrogens (tertiary/aromatic N) is 2. The summed E-state index contributed by atoms with van der Waals surface area (Å²) in [5.41, 5.74) is 3.11. The van der Waals surface area contributed by atoms with Gasteiger partial charge in [-0.2, -0.15) is 0 Å². The molecule has 8 heteroatoms. The van der Waals surface area contributed by atoms with Crippen molar-refractivity contribution in [3.05, 3.63) is 52.7 Å². The van der Waals surface area contributed by atoms with Crippen LogP contribution in [0.25, 0.3) is 11.3 Å². The molecule has 0 spiro atoms. The molecule has 1 amide bonds. The summed E-state index contributed by atoms with van der Waals surface area (Å²) in [6, 6.07) is 9.32. The van der Waals surface area contributed by atoms with E-state index < -0.39 is 5.91 Å². The lowest BCUT2D eigenvalue weighted by atomic mass is 10.1. The summed E-state index contributed by atoms with van der Waals surface area (Å²) < 4.78 is 9.69. The molecule has 3 aromatic rings. The SMILES string of the molecule is COC(=O)Cc1csc(NC(=O)c2cc(-c3ccc(C)cc3)no2)n1. The van der Waals surface area contributed by atoms with Gasteiger partial charge in [0.05, 0.1) is 19.2 Å². The number of carbonyl (C=O) groups is 2. The predicted molar refractivity (Wildman–Crippen MR) is 92.5 cm³/mol. The second kappa shape index (κ2) is 7.27. The molecule has 0 aliphatic heterocycles. The Morgan fingerprint density at radius 2 is 2.04 bits per heavy atom. The number of methoxy groups -OCH3 is 1. The molecule has 0 unspecified atom stereocenters. The van der Waals surface area contributed by atoms with Crippen molar-refractivity contribution in [3.63, 3.8) is 0 Å². The largest absolute Gasteiger partial charge is 0.469 e. The van der Waals surface area contributed by atoms with Crippen LogP contribution < -0.4 is 5.32 Å². The van der Waals surface area contributed by atoms with E-state index in [-0.39, 0.29) is 18.2 Å². The molecule has 0 fully saturated rings. The second-order valence-electron chi connectivity index (χ2n) is 5.29. The summed E-state index contributed by atoms with van der Waals surface area (Å²) in [5.74, 6) is -0.758. The van der Waals surface area contributed by atoms with Gasteiger partial charge in [0.2, 0.25) is 5.76 Å². The minimum absolute atomic E-state index is 0.0583. The number of benzene rings is 1. The number of amides is 1. The Kier molecular flexibility index (Phi) is 4.90. The van der Waals surface area contributed by atoms with Crippen LogP contribution in [0.2, 0.25) is 0 Å². The number of aromatic nitrogens is 2. The van der Waals surface area contributed by atoms with Crippen LogP contribution in [-0.2, 0) is 16.0 Å². The minimum atomic E-state index is -0.454. The molecule has 0 bridgehead atoms.